The highest BCUT2D eigenvalue weighted by Gasteiger charge is 2.46. The van der Waals surface area contributed by atoms with Gasteiger partial charge in [0, 0.05) is 37.7 Å². The van der Waals surface area contributed by atoms with Crippen LogP contribution in [0.2, 0.25) is 0 Å². The third-order valence-electron chi connectivity index (χ3n) is 7.06. The summed E-state index contributed by atoms with van der Waals surface area (Å²) in [6, 6.07) is 8.44. The lowest BCUT2D eigenvalue weighted by molar-refractivity contribution is -0.118. The number of hydrogen-bond donors (Lipinski definition) is 2. The van der Waals surface area contributed by atoms with E-state index in [0.29, 0.717) is 42.6 Å². The molecule has 6 rings (SSSR count). The van der Waals surface area contributed by atoms with Gasteiger partial charge in [-0.15, -0.1) is 0 Å². The van der Waals surface area contributed by atoms with Crippen molar-refractivity contribution in [1.82, 2.24) is 19.9 Å². The Labute approximate surface area is 211 Å². The Balaban J connectivity index is 1.11. The molecular formula is C25H26N6O6. The summed E-state index contributed by atoms with van der Waals surface area (Å²) in [4.78, 5) is 47.3. The van der Waals surface area contributed by atoms with Crippen molar-refractivity contribution in [3.8, 4) is 11.5 Å². The van der Waals surface area contributed by atoms with Gasteiger partial charge in [0.1, 0.15) is 17.7 Å². The van der Waals surface area contributed by atoms with E-state index in [4.69, 9.17) is 14.2 Å². The predicted molar refractivity (Wildman–Crippen MR) is 133 cm³/mol. The van der Waals surface area contributed by atoms with Crippen LogP contribution in [0.15, 0.2) is 41.3 Å². The summed E-state index contributed by atoms with van der Waals surface area (Å²) < 4.78 is 18.0. The maximum atomic E-state index is 12.8. The van der Waals surface area contributed by atoms with Crippen molar-refractivity contribution in [3.63, 3.8) is 0 Å². The first kappa shape index (κ1) is 23.2. The first-order valence-corrected chi connectivity index (χ1v) is 12.2. The van der Waals surface area contributed by atoms with Gasteiger partial charge in [0.05, 0.1) is 30.4 Å². The summed E-state index contributed by atoms with van der Waals surface area (Å²) in [5, 5.41) is 6.19. The second kappa shape index (κ2) is 9.36. The Morgan fingerprint density at radius 1 is 1.19 bits per heavy atom. The molecule has 3 unspecified atom stereocenters. The molecule has 3 aromatic rings. The summed E-state index contributed by atoms with van der Waals surface area (Å²) >= 11 is 0. The Kier molecular flexibility index (Phi) is 5.87. The summed E-state index contributed by atoms with van der Waals surface area (Å²) in [6.07, 6.45) is 3.11. The average Bonchev–Trinajstić information content (AvgIpc) is 3.24. The molecule has 1 aliphatic carbocycles. The number of nitrogens with zero attached hydrogens (tertiary/aromatic N) is 4. The lowest BCUT2D eigenvalue weighted by atomic mass is 9.88. The highest BCUT2D eigenvalue weighted by atomic mass is 16.6. The van der Waals surface area contributed by atoms with E-state index in [2.05, 4.69) is 20.6 Å². The highest BCUT2D eigenvalue weighted by molar-refractivity contribution is 5.95. The maximum Gasteiger partial charge on any atom is 0.416 e. The minimum Gasteiger partial charge on any atom is -0.495 e. The van der Waals surface area contributed by atoms with Crippen LogP contribution in [0, 0.1) is 0 Å². The van der Waals surface area contributed by atoms with Gasteiger partial charge in [-0.05, 0) is 31.0 Å². The number of fused-ring (bicyclic) bond motifs is 3. The molecule has 3 aromatic heterocycles. The molecule has 1 saturated carbocycles. The van der Waals surface area contributed by atoms with Crippen LogP contribution < -0.4 is 30.6 Å². The van der Waals surface area contributed by atoms with Crippen molar-refractivity contribution >= 4 is 34.7 Å². The number of amides is 2. The Hall–Kier alpha value is -4.19. The normalized spacial score (nSPS) is 22.6. The molecule has 0 bridgehead atoms. The second-order valence-electron chi connectivity index (χ2n) is 9.28. The first-order chi connectivity index (χ1) is 18.0. The van der Waals surface area contributed by atoms with Gasteiger partial charge < -0.3 is 29.4 Å². The molecule has 2 fully saturated rings. The molecule has 0 spiro atoms. The van der Waals surface area contributed by atoms with Crippen molar-refractivity contribution < 1.29 is 23.8 Å². The maximum absolute atomic E-state index is 12.8. The summed E-state index contributed by atoms with van der Waals surface area (Å²) in [6.45, 7) is 0.982. The largest absolute Gasteiger partial charge is 0.495 e. The third-order valence-corrected chi connectivity index (χ3v) is 7.06. The molecule has 5 heterocycles. The van der Waals surface area contributed by atoms with Gasteiger partial charge in [-0.3, -0.25) is 19.5 Å². The van der Waals surface area contributed by atoms with E-state index in [1.54, 1.807) is 41.0 Å². The number of nitrogens with one attached hydrogen (secondary N) is 2. The van der Waals surface area contributed by atoms with E-state index in [-0.39, 0.29) is 36.3 Å². The van der Waals surface area contributed by atoms with E-state index >= 15 is 0 Å². The molecule has 3 atom stereocenters. The van der Waals surface area contributed by atoms with Crippen molar-refractivity contribution in [2.45, 2.75) is 44.0 Å². The summed E-state index contributed by atoms with van der Waals surface area (Å²) in [7, 11) is 1.57. The van der Waals surface area contributed by atoms with Gasteiger partial charge in [0.15, 0.2) is 18.2 Å². The quantitative estimate of drug-likeness (QED) is 0.511. The van der Waals surface area contributed by atoms with Crippen LogP contribution in [-0.4, -0.2) is 65.0 Å². The molecular weight excluding hydrogens is 480 g/mol. The van der Waals surface area contributed by atoms with Crippen LogP contribution in [0.3, 0.4) is 0 Å². The van der Waals surface area contributed by atoms with E-state index in [0.717, 1.165) is 23.9 Å². The number of methoxy groups -OCH3 is 1. The lowest BCUT2D eigenvalue weighted by Gasteiger charge is -2.33. The third kappa shape index (κ3) is 4.33. The lowest BCUT2D eigenvalue weighted by Crippen LogP contribution is -2.46. The molecule has 37 heavy (non-hydrogen) atoms. The molecule has 12 nitrogen and oxygen atoms in total. The van der Waals surface area contributed by atoms with Gasteiger partial charge in [0.25, 0.3) is 11.5 Å². The molecule has 1 saturated heterocycles. The summed E-state index contributed by atoms with van der Waals surface area (Å²) in [5.41, 5.74) is 1.34. The van der Waals surface area contributed by atoms with E-state index in [1.165, 1.54) is 6.07 Å². The van der Waals surface area contributed by atoms with Crippen LogP contribution in [0.25, 0.3) is 11.0 Å². The van der Waals surface area contributed by atoms with Gasteiger partial charge in [-0.1, -0.05) is 0 Å². The number of ether oxygens (including phenoxy) is 3. The van der Waals surface area contributed by atoms with Crippen molar-refractivity contribution in [2.24, 2.45) is 0 Å². The molecule has 2 amide bonds. The fraction of sp³-hybridized carbons (Fsp3) is 0.400. The molecule has 2 aliphatic heterocycles. The van der Waals surface area contributed by atoms with Crippen molar-refractivity contribution in [2.75, 3.05) is 30.5 Å². The summed E-state index contributed by atoms with van der Waals surface area (Å²) in [5.74, 6) is 1.51. The number of pyridine rings is 3. The van der Waals surface area contributed by atoms with E-state index in [1.807, 2.05) is 6.07 Å². The second-order valence-corrected chi connectivity index (χ2v) is 9.28. The van der Waals surface area contributed by atoms with Crippen molar-refractivity contribution in [3.05, 3.63) is 46.9 Å². The van der Waals surface area contributed by atoms with E-state index < -0.39 is 6.09 Å². The van der Waals surface area contributed by atoms with Crippen LogP contribution in [0.1, 0.15) is 19.3 Å². The highest BCUT2D eigenvalue weighted by Crippen LogP contribution is 2.37. The van der Waals surface area contributed by atoms with Gasteiger partial charge >= 0.3 is 6.09 Å². The van der Waals surface area contributed by atoms with Crippen LogP contribution in [0.4, 0.5) is 16.4 Å². The molecule has 2 N–H and O–H groups in total. The number of rotatable bonds is 6. The zero-order valence-corrected chi connectivity index (χ0v) is 20.2. The van der Waals surface area contributed by atoms with Crippen LogP contribution in [-0.2, 0) is 16.1 Å². The van der Waals surface area contributed by atoms with Gasteiger partial charge in [-0.2, -0.15) is 0 Å². The van der Waals surface area contributed by atoms with Crippen LogP contribution >= 0.6 is 0 Å². The predicted octanol–water partition coefficient (Wildman–Crippen LogP) is 1.67. The minimum absolute atomic E-state index is 0.0565. The first-order valence-electron chi connectivity index (χ1n) is 12.2. The zero-order valence-electron chi connectivity index (χ0n) is 20.2. The monoisotopic (exact) mass is 506 g/mol. The minimum atomic E-state index is -0.449. The van der Waals surface area contributed by atoms with Gasteiger partial charge in [0.2, 0.25) is 0 Å². The molecule has 0 aromatic carbocycles. The zero-order chi connectivity index (χ0) is 25.5. The Morgan fingerprint density at radius 2 is 2.08 bits per heavy atom. The smallest absolute Gasteiger partial charge is 0.416 e. The van der Waals surface area contributed by atoms with Crippen LogP contribution in [0.5, 0.6) is 11.5 Å². The number of anilines is 2. The Bertz CT molecular complexity index is 1440. The topological polar surface area (TPSA) is 137 Å². The molecule has 3 aliphatic rings. The number of carbonyl (C=O) groups is 2. The number of aromatic nitrogens is 3. The fourth-order valence-corrected chi connectivity index (χ4v) is 5.26. The van der Waals surface area contributed by atoms with Gasteiger partial charge in [-0.25, -0.2) is 9.78 Å². The average molecular weight is 507 g/mol. The molecule has 12 heteroatoms. The number of hydrogen-bond acceptors (Lipinski definition) is 9. The number of carbonyl (C=O) groups excluding carboxylic acids is 2. The standard InChI is InChI=1S/C25H26N6O6/c1-35-15-11-18-16(27-12-15)3-7-23(33)30(18)9-8-26-14-2-4-17-20(10-14)37-25(34)31(17)21-6-5-19-24(28-21)29-22(32)13-36-19/h3,5-7,11-12,14,17,20,26H,2,4,8-10,13H2,1H3,(H,28,29,32). The Morgan fingerprint density at radius 3 is 2.95 bits per heavy atom. The van der Waals surface area contributed by atoms with Crippen molar-refractivity contribution in [1.29, 1.82) is 0 Å². The molecule has 192 valence electrons. The van der Waals surface area contributed by atoms with E-state index in [9.17, 15) is 14.4 Å². The SMILES string of the molecule is COc1cnc2ccc(=O)n(CCNC3CCC4C(C3)OC(=O)N4c3ccc4c(n3)NC(=O)CO4)c2c1. The fourth-order valence-electron chi connectivity index (χ4n) is 5.26. The molecule has 0 radical (unpaired) electrons.